The van der Waals surface area contributed by atoms with Crippen molar-refractivity contribution >= 4 is 16.1 Å². The number of methoxy groups -OCH3 is 1. The highest BCUT2D eigenvalue weighted by molar-refractivity contribution is 7.89. The number of urea groups is 1. The fraction of sp³-hybridized carbons (Fsp3) is 0.458. The molecular formula is C24H29N3O4S. The van der Waals surface area contributed by atoms with E-state index in [0.29, 0.717) is 24.4 Å². The van der Waals surface area contributed by atoms with E-state index in [0.717, 1.165) is 42.6 Å². The molecule has 1 aliphatic carbocycles. The van der Waals surface area contributed by atoms with Gasteiger partial charge in [-0.3, -0.25) is 0 Å². The predicted octanol–water partition coefficient (Wildman–Crippen LogP) is 3.45. The quantitative estimate of drug-likeness (QED) is 0.766. The lowest BCUT2D eigenvalue weighted by molar-refractivity contribution is 0.176. The van der Waals surface area contributed by atoms with Crippen LogP contribution in [0.25, 0.3) is 0 Å². The number of nitrogens with one attached hydrogen (secondary N) is 1. The molecule has 2 amide bonds. The molecule has 1 spiro atoms. The number of carbonyl (C=O) groups excluding carboxylic acids is 1. The molecule has 2 aromatic rings. The molecule has 0 aromatic heterocycles. The summed E-state index contributed by atoms with van der Waals surface area (Å²) in [6.45, 7) is 1.14. The van der Waals surface area contributed by atoms with Crippen molar-refractivity contribution in [1.29, 1.82) is 0 Å². The topological polar surface area (TPSA) is 79.0 Å². The van der Waals surface area contributed by atoms with Gasteiger partial charge in [0.25, 0.3) is 0 Å². The fourth-order valence-electron chi connectivity index (χ4n) is 5.42. The van der Waals surface area contributed by atoms with Crippen molar-refractivity contribution in [2.75, 3.05) is 20.2 Å². The van der Waals surface area contributed by atoms with Gasteiger partial charge in [0, 0.05) is 25.7 Å². The van der Waals surface area contributed by atoms with Crippen LogP contribution in [0, 0.1) is 0 Å². The fourth-order valence-corrected chi connectivity index (χ4v) is 7.47. The molecule has 7 nitrogen and oxygen atoms in total. The zero-order valence-corrected chi connectivity index (χ0v) is 19.1. The van der Waals surface area contributed by atoms with Gasteiger partial charge in [-0.1, -0.05) is 43.2 Å². The van der Waals surface area contributed by atoms with E-state index in [1.54, 1.807) is 28.4 Å². The maximum Gasteiger partial charge on any atom is 0.317 e. The van der Waals surface area contributed by atoms with Crippen LogP contribution >= 0.6 is 0 Å². The minimum absolute atomic E-state index is 0.0834. The number of sulfonamides is 1. The molecule has 8 heteroatoms. The molecule has 0 unspecified atom stereocenters. The van der Waals surface area contributed by atoms with Gasteiger partial charge in [0.1, 0.15) is 5.75 Å². The summed E-state index contributed by atoms with van der Waals surface area (Å²) in [5.74, 6) is 0.728. The number of nitrogens with zero attached hydrogens (tertiary/aromatic N) is 2. The summed E-state index contributed by atoms with van der Waals surface area (Å²) >= 11 is 0. The predicted molar refractivity (Wildman–Crippen MR) is 121 cm³/mol. The molecule has 170 valence electrons. The minimum atomic E-state index is -3.68. The summed E-state index contributed by atoms with van der Waals surface area (Å²) in [5, 5.41) is 3.15. The van der Waals surface area contributed by atoms with Crippen LogP contribution in [-0.4, -0.2) is 49.9 Å². The molecule has 3 aliphatic rings. The Balaban J connectivity index is 1.47. The Labute approximate surface area is 189 Å². The molecule has 1 saturated heterocycles. The second kappa shape index (κ2) is 8.08. The average Bonchev–Trinajstić information content (AvgIpc) is 3.51. The molecule has 1 atom stereocenters. The highest BCUT2D eigenvalue weighted by Gasteiger charge is 2.57. The van der Waals surface area contributed by atoms with E-state index in [9.17, 15) is 13.2 Å². The second-order valence-corrected chi connectivity index (χ2v) is 10.8. The molecule has 2 aliphatic heterocycles. The molecule has 5 rings (SSSR count). The van der Waals surface area contributed by atoms with Crippen LogP contribution < -0.4 is 10.1 Å². The van der Waals surface area contributed by atoms with Gasteiger partial charge in [0.15, 0.2) is 0 Å². The summed E-state index contributed by atoms with van der Waals surface area (Å²) in [6.07, 6.45) is 4.92. The lowest BCUT2D eigenvalue weighted by Crippen LogP contribution is -2.48. The van der Waals surface area contributed by atoms with Gasteiger partial charge in [-0.05, 0) is 48.6 Å². The van der Waals surface area contributed by atoms with Gasteiger partial charge >= 0.3 is 6.03 Å². The monoisotopic (exact) mass is 455 g/mol. The lowest BCUT2D eigenvalue weighted by atomic mass is 9.88. The number of amides is 2. The molecular weight excluding hydrogens is 426 g/mol. The first-order valence-corrected chi connectivity index (χ1v) is 12.7. The van der Waals surface area contributed by atoms with E-state index >= 15 is 0 Å². The highest BCUT2D eigenvalue weighted by Crippen LogP contribution is 2.50. The number of likely N-dealkylation sites (tertiary alicyclic amines) is 1. The smallest absolute Gasteiger partial charge is 0.317 e. The van der Waals surface area contributed by atoms with Crippen LogP contribution in [0.1, 0.15) is 43.2 Å². The Hall–Kier alpha value is -2.58. The van der Waals surface area contributed by atoms with E-state index in [2.05, 4.69) is 5.32 Å². The number of ether oxygens (including phenoxy) is 1. The molecule has 2 heterocycles. The first-order chi connectivity index (χ1) is 15.4. The van der Waals surface area contributed by atoms with Crippen molar-refractivity contribution < 1.29 is 17.9 Å². The highest BCUT2D eigenvalue weighted by atomic mass is 32.2. The van der Waals surface area contributed by atoms with Crippen molar-refractivity contribution in [3.63, 3.8) is 0 Å². The van der Waals surface area contributed by atoms with E-state index in [4.69, 9.17) is 4.74 Å². The van der Waals surface area contributed by atoms with E-state index in [-0.39, 0.29) is 18.6 Å². The Morgan fingerprint density at radius 1 is 1.12 bits per heavy atom. The van der Waals surface area contributed by atoms with Crippen molar-refractivity contribution in [2.45, 2.75) is 55.1 Å². The summed E-state index contributed by atoms with van der Waals surface area (Å²) < 4.78 is 34.1. The van der Waals surface area contributed by atoms with Gasteiger partial charge in [-0.25, -0.2) is 13.2 Å². The molecule has 2 fully saturated rings. The third-order valence-electron chi connectivity index (χ3n) is 7.14. The third-order valence-corrected chi connectivity index (χ3v) is 9.11. The molecule has 1 saturated carbocycles. The van der Waals surface area contributed by atoms with Crippen LogP contribution in [0.15, 0.2) is 53.4 Å². The minimum Gasteiger partial charge on any atom is -0.497 e. The zero-order chi connectivity index (χ0) is 22.3. The lowest BCUT2D eigenvalue weighted by Gasteiger charge is -2.34. The molecule has 1 N–H and O–H groups in total. The second-order valence-electron chi connectivity index (χ2n) is 8.99. The van der Waals surface area contributed by atoms with Gasteiger partial charge in [0.2, 0.25) is 10.0 Å². The van der Waals surface area contributed by atoms with Gasteiger partial charge in [-0.2, -0.15) is 4.31 Å². The number of fused-ring (bicyclic) bond motifs is 2. The Kier molecular flexibility index (Phi) is 5.37. The van der Waals surface area contributed by atoms with Gasteiger partial charge in [-0.15, -0.1) is 0 Å². The van der Waals surface area contributed by atoms with Crippen LogP contribution in [0.5, 0.6) is 5.75 Å². The van der Waals surface area contributed by atoms with Crippen LogP contribution in [-0.2, 0) is 22.1 Å². The summed E-state index contributed by atoms with van der Waals surface area (Å²) in [5.41, 5.74) is 0.933. The van der Waals surface area contributed by atoms with E-state index < -0.39 is 15.6 Å². The number of benzene rings is 2. The van der Waals surface area contributed by atoms with Crippen molar-refractivity contribution in [3.05, 3.63) is 59.7 Å². The summed E-state index contributed by atoms with van der Waals surface area (Å²) in [4.78, 5) is 15.1. The molecule has 32 heavy (non-hydrogen) atoms. The normalized spacial score (nSPS) is 24.7. The van der Waals surface area contributed by atoms with Gasteiger partial charge < -0.3 is 15.0 Å². The molecule has 0 bridgehead atoms. The van der Waals surface area contributed by atoms with Crippen LogP contribution in [0.2, 0.25) is 0 Å². The Morgan fingerprint density at radius 3 is 2.56 bits per heavy atom. The van der Waals surface area contributed by atoms with Crippen LogP contribution in [0.3, 0.4) is 0 Å². The van der Waals surface area contributed by atoms with E-state index in [1.165, 1.54) is 0 Å². The maximum atomic E-state index is 13.6. The SMILES string of the molecule is COc1ccc(CN2[C@@]3(CCN(C(=O)NC4CCCC4)C3)c3ccccc3S2(=O)=O)cc1. The summed E-state index contributed by atoms with van der Waals surface area (Å²) in [6, 6.07) is 14.8. The van der Waals surface area contributed by atoms with Crippen molar-refractivity contribution in [3.8, 4) is 5.75 Å². The van der Waals surface area contributed by atoms with Crippen LogP contribution in [0.4, 0.5) is 4.79 Å². The average molecular weight is 456 g/mol. The number of rotatable bonds is 4. The maximum absolute atomic E-state index is 13.6. The van der Waals surface area contributed by atoms with E-state index in [1.807, 2.05) is 36.4 Å². The number of carbonyl (C=O) groups is 1. The first kappa shape index (κ1) is 21.3. The van der Waals surface area contributed by atoms with Crippen molar-refractivity contribution in [1.82, 2.24) is 14.5 Å². The Bertz CT molecular complexity index is 1110. The molecule has 0 radical (unpaired) electrons. The van der Waals surface area contributed by atoms with Crippen molar-refractivity contribution in [2.24, 2.45) is 0 Å². The molecule has 2 aromatic carbocycles. The first-order valence-electron chi connectivity index (χ1n) is 11.2. The standard InChI is InChI=1S/C24H29N3O4S/c1-31-20-12-10-18(11-13-20)16-27-24(21-8-4-5-9-22(21)32(27,29)30)14-15-26(17-24)23(28)25-19-6-2-3-7-19/h4-5,8-13,19H,2-3,6-7,14-17H2,1H3,(H,25,28)/t24-/m1/s1. The summed E-state index contributed by atoms with van der Waals surface area (Å²) in [7, 11) is -2.07. The number of hydrogen-bond donors (Lipinski definition) is 1. The van der Waals surface area contributed by atoms with Gasteiger partial charge in [0.05, 0.1) is 17.5 Å². The largest absolute Gasteiger partial charge is 0.497 e. The number of hydrogen-bond acceptors (Lipinski definition) is 4. The Morgan fingerprint density at radius 2 is 1.84 bits per heavy atom. The third kappa shape index (κ3) is 3.46. The zero-order valence-electron chi connectivity index (χ0n) is 18.3.